The van der Waals surface area contributed by atoms with Gasteiger partial charge in [0.1, 0.15) is 5.54 Å². The van der Waals surface area contributed by atoms with Gasteiger partial charge in [0.05, 0.1) is 0 Å². The second-order valence-electron chi connectivity index (χ2n) is 7.37. The first-order chi connectivity index (χ1) is 14.1. The normalized spacial score (nSPS) is 16.6. The highest BCUT2D eigenvalue weighted by molar-refractivity contribution is 5.90. The number of hydrogen-bond acceptors (Lipinski definition) is 4. The maximum absolute atomic E-state index is 12.5. The van der Waals surface area contributed by atoms with E-state index in [1.807, 2.05) is 54.6 Å². The molecule has 4 N–H and O–H groups in total. The molecule has 1 fully saturated rings. The minimum Gasteiger partial charge on any atom is -0.480 e. The monoisotopic (exact) mass is 394 g/mol. The fourth-order valence-electron chi connectivity index (χ4n) is 4.11. The van der Waals surface area contributed by atoms with Crippen LogP contribution in [-0.4, -0.2) is 22.2 Å². The summed E-state index contributed by atoms with van der Waals surface area (Å²) in [6.07, 6.45) is 6.72. The van der Waals surface area contributed by atoms with Crippen molar-refractivity contribution >= 4 is 18.0 Å². The Hall–Kier alpha value is -2.96. The van der Waals surface area contributed by atoms with E-state index < -0.39 is 17.4 Å². The Morgan fingerprint density at radius 3 is 2.28 bits per heavy atom. The Labute approximate surface area is 170 Å². The number of benzene rings is 2. The summed E-state index contributed by atoms with van der Waals surface area (Å²) in [5, 5.41) is 22.2. The molecule has 1 aliphatic rings. The average molecular weight is 394 g/mol. The standard InChI is InChI=1S/C23H26N2O4/c26-21(25-29)15-14-17-10-12-18(13-11-17)16-24-23(22(27)28,20-8-4-5-9-20)19-6-2-1-3-7-19/h1-3,6-7,10-15,20,24,29H,4-5,8-9,16H2,(H,25,26)(H,27,28)/t23-/m1/s1. The molecule has 6 nitrogen and oxygen atoms in total. The summed E-state index contributed by atoms with van der Waals surface area (Å²) in [5.41, 5.74) is 2.97. The molecule has 3 rings (SSSR count). The van der Waals surface area contributed by atoms with Gasteiger partial charge in [0, 0.05) is 12.6 Å². The minimum atomic E-state index is -1.12. The van der Waals surface area contributed by atoms with Gasteiger partial charge in [0.25, 0.3) is 5.91 Å². The minimum absolute atomic E-state index is 0.0431. The van der Waals surface area contributed by atoms with E-state index in [0.717, 1.165) is 42.4 Å². The molecule has 1 aliphatic carbocycles. The first-order valence-electron chi connectivity index (χ1n) is 9.81. The molecule has 29 heavy (non-hydrogen) atoms. The summed E-state index contributed by atoms with van der Waals surface area (Å²) >= 11 is 0. The Bertz CT molecular complexity index is 858. The maximum atomic E-state index is 12.5. The molecule has 1 amide bonds. The second kappa shape index (κ2) is 9.49. The number of carboxylic acids is 1. The van der Waals surface area contributed by atoms with Crippen LogP contribution >= 0.6 is 0 Å². The second-order valence-corrected chi connectivity index (χ2v) is 7.37. The molecule has 1 atom stereocenters. The molecule has 2 aromatic carbocycles. The van der Waals surface area contributed by atoms with Crippen LogP contribution in [0.2, 0.25) is 0 Å². The summed E-state index contributed by atoms with van der Waals surface area (Å²) < 4.78 is 0. The van der Waals surface area contributed by atoms with Gasteiger partial charge in [-0.05, 0) is 41.5 Å². The number of hydroxylamine groups is 1. The largest absolute Gasteiger partial charge is 0.480 e. The third-order valence-electron chi connectivity index (χ3n) is 5.62. The molecule has 6 heteroatoms. The molecule has 0 heterocycles. The molecule has 0 bridgehead atoms. The predicted molar refractivity (Wildman–Crippen MR) is 110 cm³/mol. The van der Waals surface area contributed by atoms with Crippen LogP contribution < -0.4 is 10.8 Å². The molecule has 2 aromatic rings. The van der Waals surface area contributed by atoms with Gasteiger partial charge in [0.2, 0.25) is 0 Å². The van der Waals surface area contributed by atoms with Crippen LogP contribution in [0, 0.1) is 5.92 Å². The molecule has 1 saturated carbocycles. The first-order valence-corrected chi connectivity index (χ1v) is 9.81. The third-order valence-corrected chi connectivity index (χ3v) is 5.62. The first kappa shape index (κ1) is 20.8. The Morgan fingerprint density at radius 2 is 1.69 bits per heavy atom. The van der Waals surface area contributed by atoms with E-state index in [1.54, 1.807) is 11.6 Å². The van der Waals surface area contributed by atoms with Crippen LogP contribution in [0.5, 0.6) is 0 Å². The van der Waals surface area contributed by atoms with E-state index in [1.165, 1.54) is 6.08 Å². The lowest BCUT2D eigenvalue weighted by atomic mass is 9.76. The zero-order chi connectivity index (χ0) is 20.7. The van der Waals surface area contributed by atoms with Gasteiger partial charge in [-0.1, -0.05) is 67.4 Å². The van der Waals surface area contributed by atoms with Gasteiger partial charge >= 0.3 is 5.97 Å². The van der Waals surface area contributed by atoms with Gasteiger partial charge in [-0.2, -0.15) is 0 Å². The van der Waals surface area contributed by atoms with Crippen LogP contribution in [0.15, 0.2) is 60.7 Å². The fourth-order valence-corrected chi connectivity index (χ4v) is 4.11. The molecule has 0 saturated heterocycles. The fraction of sp³-hybridized carbons (Fsp3) is 0.304. The summed E-state index contributed by atoms with van der Waals surface area (Å²) in [6.45, 7) is 0.415. The summed E-state index contributed by atoms with van der Waals surface area (Å²) in [5.74, 6) is -1.40. The van der Waals surface area contributed by atoms with Crippen molar-refractivity contribution in [1.29, 1.82) is 0 Å². The molecule has 0 aliphatic heterocycles. The van der Waals surface area contributed by atoms with Crippen molar-refractivity contribution in [3.05, 3.63) is 77.4 Å². The zero-order valence-corrected chi connectivity index (χ0v) is 16.2. The SMILES string of the molecule is O=C(C=Cc1ccc(CN[C@](C(=O)O)(c2ccccc2)C2CCCC2)cc1)NO. The number of carboxylic acid groups (broad SMARTS) is 1. The molecule has 0 radical (unpaired) electrons. The van der Waals surface area contributed by atoms with Crippen molar-refractivity contribution in [3.63, 3.8) is 0 Å². The van der Waals surface area contributed by atoms with Crippen LogP contribution in [0.4, 0.5) is 0 Å². The zero-order valence-electron chi connectivity index (χ0n) is 16.2. The summed E-state index contributed by atoms with van der Waals surface area (Å²) in [6, 6.07) is 16.9. The number of nitrogens with one attached hydrogen (secondary N) is 2. The molecule has 0 unspecified atom stereocenters. The van der Waals surface area contributed by atoms with Gasteiger partial charge in [-0.25, -0.2) is 10.3 Å². The highest BCUT2D eigenvalue weighted by atomic mass is 16.5. The van der Waals surface area contributed by atoms with E-state index in [2.05, 4.69) is 5.32 Å². The summed E-state index contributed by atoms with van der Waals surface area (Å²) in [4.78, 5) is 23.6. The lowest BCUT2D eigenvalue weighted by Gasteiger charge is -2.37. The van der Waals surface area contributed by atoms with E-state index in [4.69, 9.17) is 5.21 Å². The van der Waals surface area contributed by atoms with E-state index in [-0.39, 0.29) is 5.92 Å². The van der Waals surface area contributed by atoms with E-state index in [0.29, 0.717) is 6.54 Å². The molecule has 152 valence electrons. The molecular formula is C23H26N2O4. The van der Waals surface area contributed by atoms with Crippen molar-refractivity contribution in [2.75, 3.05) is 0 Å². The maximum Gasteiger partial charge on any atom is 0.328 e. The van der Waals surface area contributed by atoms with Gasteiger partial charge < -0.3 is 5.11 Å². The lowest BCUT2D eigenvalue weighted by molar-refractivity contribution is -0.148. The lowest BCUT2D eigenvalue weighted by Crippen LogP contribution is -2.53. The Balaban J connectivity index is 1.81. The molecule has 0 spiro atoms. The van der Waals surface area contributed by atoms with Crippen molar-refractivity contribution in [2.45, 2.75) is 37.8 Å². The van der Waals surface area contributed by atoms with E-state index in [9.17, 15) is 14.7 Å². The summed E-state index contributed by atoms with van der Waals surface area (Å²) in [7, 11) is 0. The molecule has 0 aromatic heterocycles. The highest BCUT2D eigenvalue weighted by Crippen LogP contribution is 2.41. The number of carbonyl (C=O) groups is 2. The highest BCUT2D eigenvalue weighted by Gasteiger charge is 2.47. The number of hydrogen-bond donors (Lipinski definition) is 4. The van der Waals surface area contributed by atoms with Crippen molar-refractivity contribution < 1.29 is 19.9 Å². The number of carbonyl (C=O) groups excluding carboxylic acids is 1. The van der Waals surface area contributed by atoms with Crippen LogP contribution in [-0.2, 0) is 21.7 Å². The number of rotatable bonds is 8. The van der Waals surface area contributed by atoms with Gasteiger partial charge in [-0.3, -0.25) is 15.3 Å². The Morgan fingerprint density at radius 1 is 1.03 bits per heavy atom. The number of amides is 1. The quantitative estimate of drug-likeness (QED) is 0.312. The number of aliphatic carboxylic acids is 1. The predicted octanol–water partition coefficient (Wildman–Crippen LogP) is 3.47. The van der Waals surface area contributed by atoms with E-state index >= 15 is 0 Å². The van der Waals surface area contributed by atoms with Gasteiger partial charge in [0.15, 0.2) is 0 Å². The van der Waals surface area contributed by atoms with Crippen LogP contribution in [0.3, 0.4) is 0 Å². The smallest absolute Gasteiger partial charge is 0.328 e. The van der Waals surface area contributed by atoms with Crippen molar-refractivity contribution in [3.8, 4) is 0 Å². The average Bonchev–Trinajstić information content (AvgIpc) is 3.29. The Kier molecular flexibility index (Phi) is 6.80. The van der Waals surface area contributed by atoms with Crippen LogP contribution in [0.1, 0.15) is 42.4 Å². The van der Waals surface area contributed by atoms with Crippen LogP contribution in [0.25, 0.3) is 6.08 Å². The molecular weight excluding hydrogens is 368 g/mol. The van der Waals surface area contributed by atoms with Gasteiger partial charge in [-0.15, -0.1) is 0 Å². The van der Waals surface area contributed by atoms with Crippen molar-refractivity contribution in [1.82, 2.24) is 10.8 Å². The van der Waals surface area contributed by atoms with Crippen molar-refractivity contribution in [2.24, 2.45) is 5.92 Å². The topological polar surface area (TPSA) is 98.7 Å². The third kappa shape index (κ3) is 4.72.